The molecule has 1 aromatic carbocycles. The highest BCUT2D eigenvalue weighted by Crippen LogP contribution is 2.43. The summed E-state index contributed by atoms with van der Waals surface area (Å²) >= 11 is 3.11. The monoisotopic (exact) mass is 481 g/mol. The summed E-state index contributed by atoms with van der Waals surface area (Å²) in [5, 5.41) is 10.1. The van der Waals surface area contributed by atoms with E-state index in [1.807, 2.05) is 46.5 Å². The van der Waals surface area contributed by atoms with E-state index >= 15 is 0 Å². The number of nitrogens with one attached hydrogen (secondary N) is 1. The molecule has 0 amide bonds. The van der Waals surface area contributed by atoms with E-state index in [-0.39, 0.29) is 0 Å². The standard InChI is InChI=1S/C24H23N3O4S2/c1-13-19(22(28)30-3)21(20(14(2)25-13)23(29)31-4)16-7-5-6-8-17(16)26-24-27-18(12-33-24)15-9-10-32-11-15/h5-12,19,21H,1-4H3,(H,26,27). The number of benzene rings is 1. The summed E-state index contributed by atoms with van der Waals surface area (Å²) in [7, 11) is 2.66. The van der Waals surface area contributed by atoms with Crippen LogP contribution in [0, 0.1) is 5.92 Å². The average Bonchev–Trinajstić information content (AvgIpc) is 3.50. The molecule has 0 aliphatic carbocycles. The van der Waals surface area contributed by atoms with Gasteiger partial charge in [0.1, 0.15) is 5.92 Å². The van der Waals surface area contributed by atoms with Crippen molar-refractivity contribution in [1.29, 1.82) is 0 Å². The van der Waals surface area contributed by atoms with Crippen LogP contribution in [0.1, 0.15) is 25.3 Å². The van der Waals surface area contributed by atoms with Gasteiger partial charge in [-0.15, -0.1) is 11.3 Å². The first-order valence-corrected chi connectivity index (χ1v) is 12.0. The fourth-order valence-electron chi connectivity index (χ4n) is 4.05. The lowest BCUT2D eigenvalue weighted by Gasteiger charge is -2.32. The molecule has 9 heteroatoms. The van der Waals surface area contributed by atoms with Crippen LogP contribution in [0.15, 0.2) is 62.7 Å². The molecule has 1 aliphatic rings. The van der Waals surface area contributed by atoms with Gasteiger partial charge in [0.05, 0.1) is 25.5 Å². The van der Waals surface area contributed by atoms with Crippen molar-refractivity contribution in [2.75, 3.05) is 19.5 Å². The van der Waals surface area contributed by atoms with Crippen LogP contribution in [-0.2, 0) is 19.1 Å². The number of methoxy groups -OCH3 is 2. The molecule has 0 fully saturated rings. The minimum absolute atomic E-state index is 0.339. The van der Waals surface area contributed by atoms with E-state index in [4.69, 9.17) is 14.5 Å². The van der Waals surface area contributed by atoms with Crippen LogP contribution in [0.3, 0.4) is 0 Å². The van der Waals surface area contributed by atoms with Crippen molar-refractivity contribution in [3.63, 3.8) is 0 Å². The number of aromatic nitrogens is 1. The second-order valence-electron chi connectivity index (χ2n) is 7.48. The summed E-state index contributed by atoms with van der Waals surface area (Å²) in [6, 6.07) is 9.59. The Bertz CT molecular complexity index is 1240. The second-order valence-corrected chi connectivity index (χ2v) is 9.12. The predicted molar refractivity (Wildman–Crippen MR) is 131 cm³/mol. The third kappa shape index (κ3) is 4.46. The molecule has 33 heavy (non-hydrogen) atoms. The Kier molecular flexibility index (Phi) is 6.71. The topological polar surface area (TPSA) is 89.9 Å². The second kappa shape index (κ2) is 9.68. The maximum absolute atomic E-state index is 12.8. The highest BCUT2D eigenvalue weighted by molar-refractivity contribution is 7.14. The molecule has 2 atom stereocenters. The number of allylic oxidation sites excluding steroid dienone is 1. The van der Waals surface area contributed by atoms with Gasteiger partial charge >= 0.3 is 11.9 Å². The lowest BCUT2D eigenvalue weighted by molar-refractivity contribution is -0.143. The molecule has 0 spiro atoms. The number of thiazole rings is 1. The molecule has 3 aromatic rings. The molecule has 170 valence electrons. The van der Waals surface area contributed by atoms with Gasteiger partial charge in [-0.05, 0) is 36.9 Å². The summed E-state index contributed by atoms with van der Waals surface area (Å²) in [6.45, 7) is 3.52. The number of aliphatic imine (C=N–C) groups is 1. The number of hydrogen-bond donors (Lipinski definition) is 1. The number of para-hydroxylation sites is 1. The maximum atomic E-state index is 12.8. The van der Waals surface area contributed by atoms with Crippen LogP contribution in [0.2, 0.25) is 0 Å². The number of ether oxygens (including phenoxy) is 2. The molecule has 4 rings (SSSR count). The van der Waals surface area contributed by atoms with E-state index in [1.165, 1.54) is 25.6 Å². The van der Waals surface area contributed by atoms with Crippen LogP contribution >= 0.6 is 22.7 Å². The van der Waals surface area contributed by atoms with E-state index in [2.05, 4.69) is 10.3 Å². The van der Waals surface area contributed by atoms with Gasteiger partial charge in [-0.3, -0.25) is 9.79 Å². The van der Waals surface area contributed by atoms with Gasteiger partial charge in [0.15, 0.2) is 5.13 Å². The number of hydrogen-bond acceptors (Lipinski definition) is 9. The van der Waals surface area contributed by atoms with Crippen LogP contribution in [0.25, 0.3) is 11.3 Å². The Morgan fingerprint density at radius 1 is 1.06 bits per heavy atom. The van der Waals surface area contributed by atoms with Crippen LogP contribution in [0.4, 0.5) is 10.8 Å². The summed E-state index contributed by atoms with van der Waals surface area (Å²) in [5.74, 6) is -2.36. The first-order valence-electron chi connectivity index (χ1n) is 10.2. The van der Waals surface area contributed by atoms with E-state index in [9.17, 15) is 9.59 Å². The number of anilines is 2. The van der Waals surface area contributed by atoms with Crippen molar-refractivity contribution in [3.8, 4) is 11.3 Å². The molecule has 1 N–H and O–H groups in total. The van der Waals surface area contributed by atoms with E-state index < -0.39 is 23.8 Å². The molecule has 2 unspecified atom stereocenters. The Hall–Kier alpha value is -3.30. The lowest BCUT2D eigenvalue weighted by Crippen LogP contribution is -2.36. The van der Waals surface area contributed by atoms with Crippen LogP contribution < -0.4 is 5.32 Å². The van der Waals surface area contributed by atoms with E-state index in [0.29, 0.717) is 22.1 Å². The van der Waals surface area contributed by atoms with Gasteiger partial charge < -0.3 is 14.8 Å². The highest BCUT2D eigenvalue weighted by atomic mass is 32.1. The summed E-state index contributed by atoms with van der Waals surface area (Å²) in [4.78, 5) is 34.8. The van der Waals surface area contributed by atoms with Crippen molar-refractivity contribution in [1.82, 2.24) is 4.98 Å². The zero-order valence-corrected chi connectivity index (χ0v) is 20.3. The molecule has 3 heterocycles. The average molecular weight is 482 g/mol. The van der Waals surface area contributed by atoms with E-state index in [0.717, 1.165) is 22.5 Å². The summed E-state index contributed by atoms with van der Waals surface area (Å²) in [6.07, 6.45) is 0. The Morgan fingerprint density at radius 3 is 2.55 bits per heavy atom. The Balaban J connectivity index is 1.79. The number of carbonyl (C=O) groups is 2. The molecule has 7 nitrogen and oxygen atoms in total. The van der Waals surface area contributed by atoms with Gasteiger partial charge in [-0.2, -0.15) is 11.3 Å². The molecule has 0 saturated heterocycles. The molecule has 0 saturated carbocycles. The van der Waals surface area contributed by atoms with Crippen molar-refractivity contribution in [3.05, 3.63) is 63.3 Å². The summed E-state index contributed by atoms with van der Waals surface area (Å²) < 4.78 is 10.2. The number of nitrogens with zero attached hydrogens (tertiary/aromatic N) is 2. The molecule has 0 bridgehead atoms. The largest absolute Gasteiger partial charge is 0.468 e. The quantitative estimate of drug-likeness (QED) is 0.474. The third-order valence-corrected chi connectivity index (χ3v) is 6.99. The number of rotatable bonds is 6. The SMILES string of the molecule is COC(=O)C1=C(C)N=C(C)C(C(=O)OC)C1c1ccccc1Nc1nc(-c2ccsc2)cs1. The summed E-state index contributed by atoms with van der Waals surface area (Å²) in [5.41, 5.74) is 4.90. The number of thiophene rings is 1. The van der Waals surface area contributed by atoms with Crippen molar-refractivity contribution in [2.45, 2.75) is 19.8 Å². The third-order valence-electron chi connectivity index (χ3n) is 5.55. The molecule has 0 radical (unpaired) electrons. The minimum atomic E-state index is -0.756. The van der Waals surface area contributed by atoms with E-state index in [1.54, 1.807) is 25.2 Å². The molecular weight excluding hydrogens is 458 g/mol. The van der Waals surface area contributed by atoms with Crippen LogP contribution in [0.5, 0.6) is 0 Å². The first-order chi connectivity index (χ1) is 15.9. The zero-order chi connectivity index (χ0) is 23.5. The fraction of sp³-hybridized carbons (Fsp3) is 0.250. The number of carbonyl (C=O) groups excluding carboxylic acids is 2. The Labute approximate surface area is 199 Å². The number of esters is 2. The smallest absolute Gasteiger partial charge is 0.336 e. The predicted octanol–water partition coefficient (Wildman–Crippen LogP) is 5.41. The van der Waals surface area contributed by atoms with Crippen molar-refractivity contribution in [2.24, 2.45) is 10.9 Å². The molecular formula is C24H23N3O4S2. The zero-order valence-electron chi connectivity index (χ0n) is 18.6. The molecule has 2 aromatic heterocycles. The maximum Gasteiger partial charge on any atom is 0.336 e. The lowest BCUT2D eigenvalue weighted by atomic mass is 9.75. The van der Waals surface area contributed by atoms with Crippen LogP contribution in [-0.4, -0.2) is 36.9 Å². The van der Waals surface area contributed by atoms with Gasteiger partial charge in [-0.1, -0.05) is 18.2 Å². The first kappa shape index (κ1) is 22.9. The van der Waals surface area contributed by atoms with Crippen molar-refractivity contribution >= 4 is 51.1 Å². The van der Waals surface area contributed by atoms with Crippen molar-refractivity contribution < 1.29 is 19.1 Å². The fourth-order valence-corrected chi connectivity index (χ4v) is 5.43. The normalized spacial score (nSPS) is 18.0. The van der Waals surface area contributed by atoms with Gasteiger partial charge in [0.25, 0.3) is 0 Å². The highest BCUT2D eigenvalue weighted by Gasteiger charge is 2.43. The minimum Gasteiger partial charge on any atom is -0.468 e. The van der Waals surface area contributed by atoms with Gasteiger partial charge in [0, 0.05) is 39.3 Å². The molecule has 1 aliphatic heterocycles. The van der Waals surface area contributed by atoms with Gasteiger partial charge in [0.2, 0.25) is 0 Å². The Morgan fingerprint density at radius 2 is 1.85 bits per heavy atom. The van der Waals surface area contributed by atoms with Gasteiger partial charge in [-0.25, -0.2) is 9.78 Å².